The number of benzene rings is 4. The van der Waals surface area contributed by atoms with E-state index in [9.17, 15) is 9.59 Å². The van der Waals surface area contributed by atoms with Crippen LogP contribution in [-0.4, -0.2) is 26.7 Å². The first kappa shape index (κ1) is 20.7. The Bertz CT molecular complexity index is 1530. The van der Waals surface area contributed by atoms with Gasteiger partial charge in [0, 0.05) is 5.56 Å². The lowest BCUT2D eigenvalue weighted by Crippen LogP contribution is -2.29. The second-order valence-electron chi connectivity index (χ2n) is 8.34. The van der Waals surface area contributed by atoms with Gasteiger partial charge in [-0.1, -0.05) is 96.2 Å². The van der Waals surface area contributed by atoms with Gasteiger partial charge in [-0.05, 0) is 34.4 Å². The Kier molecular flexibility index (Phi) is 5.04. The fourth-order valence-corrected chi connectivity index (χ4v) is 4.61. The Balaban J connectivity index is 1.32. The lowest BCUT2D eigenvalue weighted by molar-refractivity contribution is 0.0943. The van der Waals surface area contributed by atoms with E-state index in [0.717, 1.165) is 22.3 Å². The molecule has 0 saturated carbocycles. The Hall–Kier alpha value is -4.84. The van der Waals surface area contributed by atoms with Crippen molar-refractivity contribution in [2.45, 2.75) is 6.04 Å². The van der Waals surface area contributed by atoms with E-state index in [-0.39, 0.29) is 23.4 Å². The first-order chi connectivity index (χ1) is 17.2. The van der Waals surface area contributed by atoms with E-state index in [4.69, 9.17) is 0 Å². The number of fused-ring (bicyclic) bond motifs is 3. The van der Waals surface area contributed by atoms with Crippen molar-refractivity contribution >= 4 is 11.7 Å². The fourth-order valence-electron chi connectivity index (χ4n) is 4.61. The molecule has 35 heavy (non-hydrogen) atoms. The smallest absolute Gasteiger partial charge is 0.254 e. The Morgan fingerprint density at radius 1 is 0.714 bits per heavy atom. The minimum absolute atomic E-state index is 0.213. The van der Waals surface area contributed by atoms with Crippen LogP contribution in [0.15, 0.2) is 109 Å². The molecule has 1 N–H and O–H groups in total. The Morgan fingerprint density at radius 2 is 1.31 bits per heavy atom. The predicted molar refractivity (Wildman–Crippen MR) is 132 cm³/mol. The number of carbonyl (C=O) groups excluding carboxylic acids is 2. The summed E-state index contributed by atoms with van der Waals surface area (Å²) in [7, 11) is 0. The van der Waals surface area contributed by atoms with Gasteiger partial charge >= 0.3 is 0 Å². The van der Waals surface area contributed by atoms with E-state index in [2.05, 4.69) is 27.8 Å². The minimum Gasteiger partial charge on any atom is -0.341 e. The van der Waals surface area contributed by atoms with Gasteiger partial charge in [0.05, 0.1) is 23.5 Å². The van der Waals surface area contributed by atoms with Crippen molar-refractivity contribution in [3.05, 3.63) is 137 Å². The van der Waals surface area contributed by atoms with Gasteiger partial charge in [0.25, 0.3) is 5.91 Å². The van der Waals surface area contributed by atoms with E-state index < -0.39 is 0 Å². The largest absolute Gasteiger partial charge is 0.341 e. The summed E-state index contributed by atoms with van der Waals surface area (Å²) >= 11 is 0. The second-order valence-corrected chi connectivity index (χ2v) is 8.34. The predicted octanol–water partition coefficient (Wildman–Crippen LogP) is 5.00. The van der Waals surface area contributed by atoms with Crippen LogP contribution in [0.25, 0.3) is 16.8 Å². The summed E-state index contributed by atoms with van der Waals surface area (Å²) in [5.74, 6) is -0.457. The van der Waals surface area contributed by atoms with Crippen LogP contribution in [0.4, 0.5) is 0 Å². The number of nitrogens with zero attached hydrogens (tertiary/aromatic N) is 3. The Morgan fingerprint density at radius 3 is 2.03 bits per heavy atom. The molecule has 0 radical (unpaired) electrons. The SMILES string of the molecule is O=C(c1ccccc1)c1cn(-c2ccccc2C(=O)NC2c3ccccc3-c3ccccc32)nn1. The van der Waals surface area contributed by atoms with Crippen LogP contribution in [-0.2, 0) is 0 Å². The number of carbonyl (C=O) groups is 2. The third-order valence-electron chi connectivity index (χ3n) is 6.27. The molecule has 4 aromatic carbocycles. The van der Waals surface area contributed by atoms with Crippen molar-refractivity contribution < 1.29 is 9.59 Å². The van der Waals surface area contributed by atoms with E-state index in [1.165, 1.54) is 4.68 Å². The van der Waals surface area contributed by atoms with Crippen molar-refractivity contribution in [3.63, 3.8) is 0 Å². The number of para-hydroxylation sites is 1. The highest BCUT2D eigenvalue weighted by atomic mass is 16.1. The summed E-state index contributed by atoms with van der Waals surface area (Å²) in [5, 5.41) is 11.4. The molecule has 0 fully saturated rings. The molecule has 6 heteroatoms. The minimum atomic E-state index is -0.256. The van der Waals surface area contributed by atoms with Gasteiger partial charge < -0.3 is 5.32 Å². The van der Waals surface area contributed by atoms with E-state index >= 15 is 0 Å². The number of nitrogens with one attached hydrogen (secondary N) is 1. The Labute approximate surface area is 201 Å². The lowest BCUT2D eigenvalue weighted by Gasteiger charge is -2.17. The molecular formula is C29H20N4O2. The number of ketones is 1. The van der Waals surface area contributed by atoms with E-state index in [1.54, 1.807) is 42.6 Å². The van der Waals surface area contributed by atoms with Crippen LogP contribution < -0.4 is 5.32 Å². The summed E-state index contributed by atoms with van der Waals surface area (Å²) in [6, 6.07) is 32.1. The molecule has 0 aliphatic heterocycles. The van der Waals surface area contributed by atoms with Crippen molar-refractivity contribution in [2.24, 2.45) is 0 Å². The highest BCUT2D eigenvalue weighted by Crippen LogP contribution is 2.43. The van der Waals surface area contributed by atoms with Gasteiger partial charge in [0.2, 0.25) is 5.78 Å². The van der Waals surface area contributed by atoms with Crippen LogP contribution in [0.1, 0.15) is 43.6 Å². The number of amides is 1. The van der Waals surface area contributed by atoms with Crippen molar-refractivity contribution in [1.29, 1.82) is 0 Å². The average Bonchev–Trinajstić information content (AvgIpc) is 3.53. The summed E-state index contributed by atoms with van der Waals surface area (Å²) < 4.78 is 1.47. The maximum Gasteiger partial charge on any atom is 0.254 e. The van der Waals surface area contributed by atoms with E-state index in [1.807, 2.05) is 54.6 Å². The third-order valence-corrected chi connectivity index (χ3v) is 6.27. The van der Waals surface area contributed by atoms with Crippen LogP contribution >= 0.6 is 0 Å². The molecule has 0 atom stereocenters. The van der Waals surface area contributed by atoms with Crippen LogP contribution in [0.3, 0.4) is 0 Å². The molecule has 1 heterocycles. The number of hydrogen-bond acceptors (Lipinski definition) is 4. The maximum absolute atomic E-state index is 13.5. The van der Waals surface area contributed by atoms with Crippen LogP contribution in [0.5, 0.6) is 0 Å². The van der Waals surface area contributed by atoms with Gasteiger partial charge in [-0.2, -0.15) is 0 Å². The van der Waals surface area contributed by atoms with Gasteiger partial charge in [-0.25, -0.2) is 4.68 Å². The molecule has 1 amide bonds. The van der Waals surface area contributed by atoms with E-state index in [0.29, 0.717) is 16.8 Å². The fraction of sp³-hybridized carbons (Fsp3) is 0.0345. The normalized spacial score (nSPS) is 12.1. The molecule has 0 unspecified atom stereocenters. The first-order valence-electron chi connectivity index (χ1n) is 11.3. The first-order valence-corrected chi connectivity index (χ1v) is 11.3. The molecule has 168 valence electrons. The van der Waals surface area contributed by atoms with Crippen molar-refractivity contribution in [3.8, 4) is 16.8 Å². The summed E-state index contributed by atoms with van der Waals surface area (Å²) in [5.41, 5.74) is 6.12. The summed E-state index contributed by atoms with van der Waals surface area (Å²) in [6.07, 6.45) is 1.56. The zero-order chi connectivity index (χ0) is 23.8. The molecule has 0 saturated heterocycles. The monoisotopic (exact) mass is 456 g/mol. The van der Waals surface area contributed by atoms with Gasteiger partial charge in [0.15, 0.2) is 5.69 Å². The number of aromatic nitrogens is 3. The summed E-state index contributed by atoms with van der Waals surface area (Å²) in [4.78, 5) is 26.3. The van der Waals surface area contributed by atoms with Gasteiger partial charge in [-0.15, -0.1) is 5.10 Å². The third kappa shape index (κ3) is 3.61. The zero-order valence-corrected chi connectivity index (χ0v) is 18.6. The molecule has 0 bridgehead atoms. The number of rotatable bonds is 5. The van der Waals surface area contributed by atoms with Gasteiger partial charge in [0.1, 0.15) is 0 Å². The molecule has 6 nitrogen and oxygen atoms in total. The highest BCUT2D eigenvalue weighted by Gasteiger charge is 2.30. The molecule has 6 rings (SSSR count). The second kappa shape index (κ2) is 8.50. The van der Waals surface area contributed by atoms with Crippen LogP contribution in [0.2, 0.25) is 0 Å². The van der Waals surface area contributed by atoms with Crippen molar-refractivity contribution in [1.82, 2.24) is 20.3 Å². The van der Waals surface area contributed by atoms with Crippen LogP contribution in [0, 0.1) is 0 Å². The number of hydrogen-bond donors (Lipinski definition) is 1. The molecule has 1 aliphatic rings. The quantitative estimate of drug-likeness (QED) is 0.378. The molecule has 0 spiro atoms. The highest BCUT2D eigenvalue weighted by molar-refractivity contribution is 6.07. The maximum atomic E-state index is 13.5. The topological polar surface area (TPSA) is 76.9 Å². The van der Waals surface area contributed by atoms with Gasteiger partial charge in [-0.3, -0.25) is 9.59 Å². The standard InChI is InChI=1S/C29H20N4O2/c34-28(19-10-2-1-3-11-19)25-18-33(32-31-25)26-17-9-8-16-24(26)29(35)30-27-22-14-6-4-12-20(22)21-13-5-7-15-23(21)27/h1-18,27H,(H,30,35). The molecule has 1 aromatic heterocycles. The molecular weight excluding hydrogens is 436 g/mol. The lowest BCUT2D eigenvalue weighted by atomic mass is 10.0. The molecule has 5 aromatic rings. The summed E-state index contributed by atoms with van der Waals surface area (Å²) in [6.45, 7) is 0. The molecule has 1 aliphatic carbocycles. The van der Waals surface area contributed by atoms with Crippen molar-refractivity contribution in [2.75, 3.05) is 0 Å². The average molecular weight is 457 g/mol. The zero-order valence-electron chi connectivity index (χ0n) is 18.6.